The Morgan fingerprint density at radius 3 is 2.31 bits per heavy atom. The van der Waals surface area contributed by atoms with Crippen LogP contribution in [0.1, 0.15) is 30.9 Å². The Labute approximate surface area is 214 Å². The van der Waals surface area contributed by atoms with E-state index in [9.17, 15) is 14.0 Å². The van der Waals surface area contributed by atoms with Crippen LogP contribution in [0, 0.1) is 5.82 Å². The van der Waals surface area contributed by atoms with Crippen LogP contribution in [0.5, 0.6) is 5.75 Å². The van der Waals surface area contributed by atoms with Crippen molar-refractivity contribution in [3.8, 4) is 5.75 Å². The third-order valence-electron chi connectivity index (χ3n) is 5.54. The Morgan fingerprint density at radius 2 is 1.66 bits per heavy atom. The van der Waals surface area contributed by atoms with Crippen molar-refractivity contribution in [2.45, 2.75) is 38.8 Å². The lowest BCUT2D eigenvalue weighted by molar-refractivity contribution is -0.142. The van der Waals surface area contributed by atoms with Gasteiger partial charge >= 0.3 is 0 Å². The number of ether oxygens (including phenoxy) is 1. The van der Waals surface area contributed by atoms with Gasteiger partial charge in [0.1, 0.15) is 17.6 Å². The summed E-state index contributed by atoms with van der Waals surface area (Å²) in [7, 11) is 0. The quantitative estimate of drug-likeness (QED) is 0.307. The summed E-state index contributed by atoms with van der Waals surface area (Å²) in [5.74, 6) is -0.527. The Balaban J connectivity index is 1.86. The minimum Gasteiger partial charge on any atom is -0.484 e. The number of carbonyl (C=O) groups excluding carboxylic acids is 2. The zero-order valence-electron chi connectivity index (χ0n) is 19.8. The molecule has 35 heavy (non-hydrogen) atoms. The molecule has 1 N–H and O–H groups in total. The van der Waals surface area contributed by atoms with Crippen molar-refractivity contribution >= 4 is 27.7 Å². The van der Waals surface area contributed by atoms with Gasteiger partial charge in [0.05, 0.1) is 0 Å². The molecule has 5 nitrogen and oxygen atoms in total. The predicted molar refractivity (Wildman–Crippen MR) is 138 cm³/mol. The maximum atomic E-state index is 13.5. The van der Waals surface area contributed by atoms with Crippen LogP contribution in [-0.2, 0) is 22.6 Å². The van der Waals surface area contributed by atoms with E-state index in [2.05, 4.69) is 28.2 Å². The monoisotopic (exact) mass is 540 g/mol. The molecule has 3 aromatic carbocycles. The number of nitrogens with one attached hydrogen (secondary N) is 1. The van der Waals surface area contributed by atoms with Gasteiger partial charge in [-0.25, -0.2) is 4.39 Å². The first-order valence-electron chi connectivity index (χ1n) is 11.7. The summed E-state index contributed by atoms with van der Waals surface area (Å²) in [5, 5.41) is 2.99. The highest BCUT2D eigenvalue weighted by molar-refractivity contribution is 9.10. The van der Waals surface area contributed by atoms with Gasteiger partial charge in [0, 0.05) is 24.0 Å². The first kappa shape index (κ1) is 26.4. The lowest BCUT2D eigenvalue weighted by Crippen LogP contribution is -2.51. The van der Waals surface area contributed by atoms with Crippen molar-refractivity contribution < 1.29 is 18.7 Å². The molecule has 0 saturated heterocycles. The second-order valence-electron chi connectivity index (χ2n) is 8.24. The van der Waals surface area contributed by atoms with Crippen LogP contribution in [-0.4, -0.2) is 35.9 Å². The van der Waals surface area contributed by atoms with Crippen molar-refractivity contribution in [3.05, 3.63) is 100 Å². The summed E-state index contributed by atoms with van der Waals surface area (Å²) in [6.45, 7) is 2.59. The average Bonchev–Trinajstić information content (AvgIpc) is 2.87. The topological polar surface area (TPSA) is 58.6 Å². The molecule has 2 amide bonds. The second kappa shape index (κ2) is 13.6. The van der Waals surface area contributed by atoms with Crippen molar-refractivity contribution in [1.29, 1.82) is 0 Å². The fourth-order valence-electron chi connectivity index (χ4n) is 3.61. The maximum absolute atomic E-state index is 13.5. The predicted octanol–water partition coefficient (Wildman–Crippen LogP) is 5.52. The summed E-state index contributed by atoms with van der Waals surface area (Å²) >= 11 is 3.44. The number of unbranched alkanes of at least 4 members (excludes halogenated alkanes) is 1. The molecule has 0 unspecified atom stereocenters. The summed E-state index contributed by atoms with van der Waals surface area (Å²) in [6.07, 6.45) is 2.19. The second-order valence-corrected chi connectivity index (χ2v) is 9.16. The zero-order chi connectivity index (χ0) is 25.0. The number of rotatable bonds is 12. The van der Waals surface area contributed by atoms with Gasteiger partial charge in [-0.15, -0.1) is 0 Å². The van der Waals surface area contributed by atoms with Crippen molar-refractivity contribution in [3.63, 3.8) is 0 Å². The van der Waals surface area contributed by atoms with E-state index in [1.54, 1.807) is 4.90 Å². The number of amides is 2. The van der Waals surface area contributed by atoms with E-state index in [-0.39, 0.29) is 30.8 Å². The maximum Gasteiger partial charge on any atom is 0.261 e. The van der Waals surface area contributed by atoms with Crippen molar-refractivity contribution in [2.24, 2.45) is 0 Å². The molecule has 0 spiro atoms. The van der Waals surface area contributed by atoms with Crippen LogP contribution in [0.4, 0.5) is 4.39 Å². The SMILES string of the molecule is CCCCNC(=O)[C@@H](Cc1ccccc1)N(Cc1ccc(Br)cc1)C(=O)COc1ccc(F)cc1. The van der Waals surface area contributed by atoms with E-state index in [4.69, 9.17) is 4.74 Å². The Hall–Kier alpha value is -3.19. The highest BCUT2D eigenvalue weighted by Gasteiger charge is 2.30. The summed E-state index contributed by atoms with van der Waals surface area (Å²) in [6, 6.07) is 22.1. The van der Waals surface area contributed by atoms with Gasteiger partial charge in [-0.05, 0) is 53.9 Å². The lowest BCUT2D eigenvalue weighted by Gasteiger charge is -2.31. The number of hydrogen-bond donors (Lipinski definition) is 1. The van der Waals surface area contributed by atoms with E-state index in [0.717, 1.165) is 28.4 Å². The molecule has 0 heterocycles. The smallest absolute Gasteiger partial charge is 0.261 e. The Kier molecular flexibility index (Phi) is 10.3. The van der Waals surface area contributed by atoms with Crippen LogP contribution in [0.15, 0.2) is 83.3 Å². The van der Waals surface area contributed by atoms with E-state index in [0.29, 0.717) is 18.7 Å². The largest absolute Gasteiger partial charge is 0.484 e. The minimum absolute atomic E-state index is 0.199. The number of carbonyl (C=O) groups is 2. The van der Waals surface area contributed by atoms with Crippen molar-refractivity contribution in [1.82, 2.24) is 10.2 Å². The lowest BCUT2D eigenvalue weighted by atomic mass is 10.0. The van der Waals surface area contributed by atoms with Crippen LogP contribution in [0.3, 0.4) is 0 Å². The molecule has 0 aromatic heterocycles. The molecule has 3 rings (SSSR count). The molecule has 184 valence electrons. The number of hydrogen-bond acceptors (Lipinski definition) is 3. The van der Waals surface area contributed by atoms with Gasteiger partial charge in [-0.3, -0.25) is 9.59 Å². The highest BCUT2D eigenvalue weighted by atomic mass is 79.9. The van der Waals surface area contributed by atoms with Crippen molar-refractivity contribution in [2.75, 3.05) is 13.2 Å². The minimum atomic E-state index is -0.720. The first-order chi connectivity index (χ1) is 17.0. The van der Waals surface area contributed by atoms with E-state index >= 15 is 0 Å². The average molecular weight is 541 g/mol. The van der Waals surface area contributed by atoms with Crippen LogP contribution in [0.2, 0.25) is 0 Å². The van der Waals surface area contributed by atoms with Crippen LogP contribution >= 0.6 is 15.9 Å². The molecule has 0 aliphatic carbocycles. The van der Waals surface area contributed by atoms with Crippen LogP contribution < -0.4 is 10.1 Å². The number of halogens is 2. The van der Waals surface area contributed by atoms with Crippen LogP contribution in [0.25, 0.3) is 0 Å². The molecule has 7 heteroatoms. The number of benzene rings is 3. The van der Waals surface area contributed by atoms with E-state index in [1.165, 1.54) is 24.3 Å². The molecule has 1 atom stereocenters. The molecule has 3 aromatic rings. The molecule has 0 saturated carbocycles. The first-order valence-corrected chi connectivity index (χ1v) is 12.5. The van der Waals surface area contributed by atoms with Gasteiger partial charge in [-0.1, -0.05) is 71.7 Å². The fourth-order valence-corrected chi connectivity index (χ4v) is 3.87. The molecule has 0 aliphatic heterocycles. The van der Waals surface area contributed by atoms with Gasteiger partial charge in [0.2, 0.25) is 5.91 Å². The molecule has 0 radical (unpaired) electrons. The number of nitrogens with zero attached hydrogens (tertiary/aromatic N) is 1. The van der Waals surface area contributed by atoms with E-state index in [1.807, 2.05) is 54.6 Å². The third kappa shape index (κ3) is 8.51. The Morgan fingerprint density at radius 1 is 0.971 bits per heavy atom. The van der Waals surface area contributed by atoms with Gasteiger partial charge in [-0.2, -0.15) is 0 Å². The van der Waals surface area contributed by atoms with Gasteiger partial charge < -0.3 is 15.0 Å². The van der Waals surface area contributed by atoms with E-state index < -0.39 is 6.04 Å². The standard InChI is InChI=1S/C28H30BrFN2O3/c1-2-3-17-31-28(34)26(18-21-7-5-4-6-8-21)32(19-22-9-11-23(29)12-10-22)27(33)20-35-25-15-13-24(30)14-16-25/h4-16,26H,2-3,17-20H2,1H3,(H,31,34)/t26-/m1/s1. The normalized spacial score (nSPS) is 11.5. The highest BCUT2D eigenvalue weighted by Crippen LogP contribution is 2.18. The summed E-state index contributed by atoms with van der Waals surface area (Å²) in [4.78, 5) is 28.4. The Bertz CT molecular complexity index is 1080. The molecule has 0 bridgehead atoms. The zero-order valence-corrected chi connectivity index (χ0v) is 21.3. The van der Waals surface area contributed by atoms with Gasteiger partial charge in [0.15, 0.2) is 6.61 Å². The summed E-state index contributed by atoms with van der Waals surface area (Å²) < 4.78 is 19.8. The molecule has 0 fully saturated rings. The molecular weight excluding hydrogens is 511 g/mol. The third-order valence-corrected chi connectivity index (χ3v) is 6.07. The molecular formula is C28H30BrFN2O3. The van der Waals surface area contributed by atoms with Gasteiger partial charge in [0.25, 0.3) is 5.91 Å². The summed E-state index contributed by atoms with van der Waals surface area (Å²) in [5.41, 5.74) is 1.85. The molecule has 0 aliphatic rings. The fraction of sp³-hybridized carbons (Fsp3) is 0.286.